The van der Waals surface area contributed by atoms with Gasteiger partial charge in [0.25, 0.3) is 0 Å². The number of aromatic nitrogens is 2. The molecule has 1 aromatic carbocycles. The van der Waals surface area contributed by atoms with Crippen LogP contribution in [-0.2, 0) is 0 Å². The molecule has 0 fully saturated rings. The van der Waals surface area contributed by atoms with Gasteiger partial charge >= 0.3 is 5.97 Å². The highest BCUT2D eigenvalue weighted by molar-refractivity contribution is 7.13. The van der Waals surface area contributed by atoms with Crippen LogP contribution in [0.3, 0.4) is 0 Å². The summed E-state index contributed by atoms with van der Waals surface area (Å²) >= 11 is 1.42. The molecule has 0 radical (unpaired) electrons. The number of carboxylic acid groups (broad SMARTS) is 1. The average molecular weight is 246 g/mol. The average Bonchev–Trinajstić information content (AvgIpc) is 2.96. The number of nitrogens with zero attached hydrogens (tertiary/aromatic N) is 2. The molecule has 2 heterocycles. The van der Waals surface area contributed by atoms with E-state index in [0.717, 1.165) is 4.88 Å². The number of fused-ring (bicyclic) bond motifs is 1. The summed E-state index contributed by atoms with van der Waals surface area (Å²) in [6, 6.07) is 4.59. The van der Waals surface area contributed by atoms with Crippen molar-refractivity contribution in [2.24, 2.45) is 0 Å². The van der Waals surface area contributed by atoms with Gasteiger partial charge in [-0.05, 0) is 18.2 Å². The molecule has 0 unspecified atom stereocenters. The van der Waals surface area contributed by atoms with E-state index in [-0.39, 0.29) is 5.56 Å². The zero-order chi connectivity index (χ0) is 11.8. The van der Waals surface area contributed by atoms with Gasteiger partial charge in [0.2, 0.25) is 5.89 Å². The van der Waals surface area contributed by atoms with Crippen LogP contribution in [-0.4, -0.2) is 21.0 Å². The lowest BCUT2D eigenvalue weighted by Crippen LogP contribution is -1.94. The fourth-order valence-corrected chi connectivity index (χ4v) is 2.03. The van der Waals surface area contributed by atoms with Gasteiger partial charge in [-0.15, -0.1) is 11.3 Å². The van der Waals surface area contributed by atoms with Crippen molar-refractivity contribution in [1.82, 2.24) is 9.97 Å². The Morgan fingerprint density at radius 1 is 1.41 bits per heavy atom. The van der Waals surface area contributed by atoms with Gasteiger partial charge in [-0.25, -0.2) is 9.78 Å². The number of thiazole rings is 1. The van der Waals surface area contributed by atoms with Crippen LogP contribution >= 0.6 is 11.3 Å². The van der Waals surface area contributed by atoms with Crippen molar-refractivity contribution >= 4 is 28.4 Å². The van der Waals surface area contributed by atoms with E-state index in [1.807, 2.05) is 0 Å². The van der Waals surface area contributed by atoms with E-state index < -0.39 is 5.97 Å². The van der Waals surface area contributed by atoms with Crippen LogP contribution < -0.4 is 0 Å². The van der Waals surface area contributed by atoms with E-state index in [4.69, 9.17) is 9.52 Å². The quantitative estimate of drug-likeness (QED) is 0.752. The number of aromatic carboxylic acids is 1. The smallest absolute Gasteiger partial charge is 0.335 e. The topological polar surface area (TPSA) is 76.2 Å². The summed E-state index contributed by atoms with van der Waals surface area (Å²) in [6.45, 7) is 0. The zero-order valence-electron chi connectivity index (χ0n) is 8.45. The summed E-state index contributed by atoms with van der Waals surface area (Å²) in [6.07, 6.45) is 1.66. The molecule has 0 atom stereocenters. The number of carboxylic acids is 1. The summed E-state index contributed by atoms with van der Waals surface area (Å²) in [5.41, 5.74) is 2.99. The molecular weight excluding hydrogens is 240 g/mol. The van der Waals surface area contributed by atoms with Crippen LogP contribution in [0.15, 0.2) is 34.3 Å². The highest BCUT2D eigenvalue weighted by Crippen LogP contribution is 2.27. The third-order valence-corrected chi connectivity index (χ3v) is 3.04. The van der Waals surface area contributed by atoms with E-state index in [9.17, 15) is 4.79 Å². The van der Waals surface area contributed by atoms with Crippen LogP contribution in [0.2, 0.25) is 0 Å². The van der Waals surface area contributed by atoms with Crippen molar-refractivity contribution in [3.8, 4) is 10.8 Å². The largest absolute Gasteiger partial charge is 0.478 e. The van der Waals surface area contributed by atoms with Gasteiger partial charge in [0.05, 0.1) is 17.3 Å². The Balaban J connectivity index is 2.16. The lowest BCUT2D eigenvalue weighted by atomic mass is 10.2. The fraction of sp³-hybridized carbons (Fsp3) is 0. The molecule has 0 aliphatic carbocycles. The minimum Gasteiger partial charge on any atom is -0.478 e. The molecule has 1 N–H and O–H groups in total. The highest BCUT2D eigenvalue weighted by atomic mass is 32.1. The number of hydrogen-bond donors (Lipinski definition) is 1. The number of benzene rings is 1. The minimum atomic E-state index is -0.978. The van der Waals surface area contributed by atoms with E-state index in [1.165, 1.54) is 23.5 Å². The number of hydrogen-bond acceptors (Lipinski definition) is 5. The molecule has 0 saturated heterocycles. The normalized spacial score (nSPS) is 10.8. The van der Waals surface area contributed by atoms with Crippen LogP contribution in [0, 0.1) is 0 Å². The van der Waals surface area contributed by atoms with Crippen LogP contribution in [0.1, 0.15) is 10.4 Å². The van der Waals surface area contributed by atoms with Crippen molar-refractivity contribution in [1.29, 1.82) is 0 Å². The standard InChI is InChI=1S/C11H6N2O3S/c14-11(15)6-1-2-8-7(3-6)13-10(16-8)9-4-12-5-17-9/h1-5H,(H,14,15). The maximum atomic E-state index is 10.8. The van der Waals surface area contributed by atoms with Gasteiger partial charge in [0.1, 0.15) is 10.4 Å². The summed E-state index contributed by atoms with van der Waals surface area (Å²) in [5.74, 6) is -0.515. The van der Waals surface area contributed by atoms with Gasteiger partial charge in [-0.2, -0.15) is 0 Å². The van der Waals surface area contributed by atoms with Crippen molar-refractivity contribution in [3.05, 3.63) is 35.5 Å². The lowest BCUT2D eigenvalue weighted by Gasteiger charge is -1.91. The molecule has 84 valence electrons. The Bertz CT molecular complexity index is 688. The summed E-state index contributed by atoms with van der Waals surface area (Å²) in [7, 11) is 0. The first-order valence-electron chi connectivity index (χ1n) is 4.77. The predicted octanol–water partition coefficient (Wildman–Crippen LogP) is 2.65. The predicted molar refractivity (Wildman–Crippen MR) is 62.1 cm³/mol. The lowest BCUT2D eigenvalue weighted by molar-refractivity contribution is 0.0697. The van der Waals surface area contributed by atoms with Crippen LogP contribution in [0.5, 0.6) is 0 Å². The molecule has 0 aliphatic heterocycles. The Labute approximate surface area is 99.4 Å². The van der Waals surface area contributed by atoms with E-state index in [0.29, 0.717) is 17.0 Å². The summed E-state index contributed by atoms with van der Waals surface area (Å²) in [5, 5.41) is 8.87. The fourth-order valence-electron chi connectivity index (χ4n) is 1.49. The Morgan fingerprint density at radius 3 is 3.00 bits per heavy atom. The SMILES string of the molecule is O=C(O)c1ccc2oc(-c3cncs3)nc2c1. The molecule has 17 heavy (non-hydrogen) atoms. The monoisotopic (exact) mass is 246 g/mol. The van der Waals surface area contributed by atoms with E-state index in [2.05, 4.69) is 9.97 Å². The second-order valence-corrected chi connectivity index (χ2v) is 4.26. The van der Waals surface area contributed by atoms with Crippen molar-refractivity contribution in [2.75, 3.05) is 0 Å². The molecule has 0 saturated carbocycles. The first-order chi connectivity index (χ1) is 8.24. The summed E-state index contributed by atoms with van der Waals surface area (Å²) in [4.78, 5) is 19.8. The second-order valence-electron chi connectivity index (χ2n) is 3.37. The molecule has 3 aromatic rings. The third kappa shape index (κ3) is 1.68. The Hall–Kier alpha value is -2.21. The molecular formula is C11H6N2O3S. The van der Waals surface area contributed by atoms with Gasteiger partial charge in [0, 0.05) is 0 Å². The van der Waals surface area contributed by atoms with E-state index in [1.54, 1.807) is 17.8 Å². The van der Waals surface area contributed by atoms with Crippen molar-refractivity contribution < 1.29 is 14.3 Å². The molecule has 0 spiro atoms. The van der Waals surface area contributed by atoms with E-state index >= 15 is 0 Å². The zero-order valence-corrected chi connectivity index (χ0v) is 9.27. The van der Waals surface area contributed by atoms with Crippen molar-refractivity contribution in [2.45, 2.75) is 0 Å². The van der Waals surface area contributed by atoms with Gasteiger partial charge in [-0.3, -0.25) is 4.98 Å². The molecule has 3 rings (SSSR count). The van der Waals surface area contributed by atoms with Gasteiger partial charge in [0.15, 0.2) is 5.58 Å². The molecule has 0 bridgehead atoms. The molecule has 6 heteroatoms. The minimum absolute atomic E-state index is 0.196. The molecule has 0 amide bonds. The third-order valence-electron chi connectivity index (χ3n) is 2.28. The molecule has 0 aliphatic rings. The molecule has 5 nitrogen and oxygen atoms in total. The first-order valence-corrected chi connectivity index (χ1v) is 5.65. The second kappa shape index (κ2) is 3.67. The number of oxazole rings is 1. The van der Waals surface area contributed by atoms with Crippen molar-refractivity contribution in [3.63, 3.8) is 0 Å². The van der Waals surface area contributed by atoms with Gasteiger partial charge < -0.3 is 9.52 Å². The van der Waals surface area contributed by atoms with Gasteiger partial charge in [-0.1, -0.05) is 0 Å². The number of rotatable bonds is 2. The maximum absolute atomic E-state index is 10.8. The first kappa shape index (κ1) is 9.98. The Morgan fingerprint density at radius 2 is 2.29 bits per heavy atom. The maximum Gasteiger partial charge on any atom is 0.335 e. The Kier molecular flexibility index (Phi) is 2.15. The summed E-state index contributed by atoms with van der Waals surface area (Å²) < 4.78 is 5.51. The van der Waals surface area contributed by atoms with Crippen LogP contribution in [0.25, 0.3) is 21.9 Å². The number of carbonyl (C=O) groups is 1. The molecule has 2 aromatic heterocycles. The van der Waals surface area contributed by atoms with Crippen LogP contribution in [0.4, 0.5) is 0 Å². The highest BCUT2D eigenvalue weighted by Gasteiger charge is 2.11.